The second-order valence-corrected chi connectivity index (χ2v) is 4.86. The van der Waals surface area contributed by atoms with Gasteiger partial charge in [-0.15, -0.1) is 0 Å². The Morgan fingerprint density at radius 1 is 1.35 bits per heavy atom. The number of rotatable bonds is 8. The van der Waals surface area contributed by atoms with E-state index in [1.54, 1.807) is 19.4 Å². The van der Waals surface area contributed by atoms with Gasteiger partial charge in [-0.25, -0.2) is 4.79 Å². The Morgan fingerprint density at radius 2 is 2.00 bits per heavy atom. The molecule has 5 nitrogen and oxygen atoms in total. The van der Waals surface area contributed by atoms with E-state index in [2.05, 4.69) is 18.5 Å². The number of carboxylic acid groups (broad SMARTS) is 1. The third-order valence-corrected chi connectivity index (χ3v) is 2.86. The summed E-state index contributed by atoms with van der Waals surface area (Å²) < 4.78 is 1.47. The van der Waals surface area contributed by atoms with Gasteiger partial charge < -0.3 is 14.7 Å². The van der Waals surface area contributed by atoms with Crippen LogP contribution in [0.2, 0.25) is 0 Å². The van der Waals surface area contributed by atoms with E-state index >= 15 is 0 Å². The standard InChI is InChI=1S/C11H20O2.C4H6N2O/c1-3-4-5-6-7-8-10(2)9-11(12)13;1-6-3-2-5-4(6)7/h2-9H2,1H3,(H,12,13);2-3H,1H3,(H,5,7). The lowest BCUT2D eigenvalue weighted by atomic mass is 10.1. The molecule has 1 rings (SSSR count). The maximum atomic E-state index is 10.3. The van der Waals surface area contributed by atoms with E-state index in [0.717, 1.165) is 18.4 Å². The molecule has 1 aromatic heterocycles. The zero-order valence-corrected chi connectivity index (χ0v) is 12.5. The van der Waals surface area contributed by atoms with Gasteiger partial charge in [0.1, 0.15) is 0 Å². The molecule has 1 heterocycles. The van der Waals surface area contributed by atoms with Crippen molar-refractivity contribution < 1.29 is 9.90 Å². The maximum absolute atomic E-state index is 10.3. The molecule has 0 aliphatic carbocycles. The van der Waals surface area contributed by atoms with E-state index in [4.69, 9.17) is 5.11 Å². The number of aliphatic carboxylic acids is 1. The second-order valence-electron chi connectivity index (χ2n) is 4.86. The van der Waals surface area contributed by atoms with E-state index in [1.165, 1.54) is 30.3 Å². The van der Waals surface area contributed by atoms with Gasteiger partial charge in [-0.1, -0.05) is 44.8 Å². The number of carboxylic acids is 1. The molecule has 0 saturated carbocycles. The quantitative estimate of drug-likeness (QED) is 0.568. The molecule has 0 bridgehead atoms. The molecule has 0 spiro atoms. The van der Waals surface area contributed by atoms with Gasteiger partial charge in [-0.3, -0.25) is 4.79 Å². The van der Waals surface area contributed by atoms with Gasteiger partial charge in [0.25, 0.3) is 0 Å². The maximum Gasteiger partial charge on any atom is 0.325 e. The van der Waals surface area contributed by atoms with E-state index in [1.807, 2.05) is 0 Å². The Hall–Kier alpha value is -1.78. The minimum absolute atomic E-state index is 0.0694. The van der Waals surface area contributed by atoms with Crippen LogP contribution in [0.3, 0.4) is 0 Å². The average molecular weight is 282 g/mol. The van der Waals surface area contributed by atoms with Crippen molar-refractivity contribution >= 4 is 5.97 Å². The molecular formula is C15H26N2O3. The highest BCUT2D eigenvalue weighted by molar-refractivity contribution is 5.69. The number of hydrogen-bond donors (Lipinski definition) is 2. The first kappa shape index (κ1) is 18.2. The van der Waals surface area contributed by atoms with Crippen LogP contribution in [-0.2, 0) is 11.8 Å². The van der Waals surface area contributed by atoms with Gasteiger partial charge in [0.15, 0.2) is 0 Å². The number of nitrogens with zero attached hydrogens (tertiary/aromatic N) is 1. The fourth-order valence-electron chi connectivity index (χ4n) is 1.67. The first-order valence-electron chi connectivity index (χ1n) is 7.05. The van der Waals surface area contributed by atoms with Crippen LogP contribution in [0.25, 0.3) is 0 Å². The van der Waals surface area contributed by atoms with Crippen LogP contribution in [0.15, 0.2) is 29.3 Å². The zero-order chi connectivity index (χ0) is 15.4. The van der Waals surface area contributed by atoms with Crippen LogP contribution in [-0.4, -0.2) is 20.6 Å². The summed E-state index contributed by atoms with van der Waals surface area (Å²) >= 11 is 0. The average Bonchev–Trinajstić information content (AvgIpc) is 2.73. The lowest BCUT2D eigenvalue weighted by molar-refractivity contribution is -0.136. The van der Waals surface area contributed by atoms with Crippen molar-refractivity contribution in [2.75, 3.05) is 0 Å². The Bertz CT molecular complexity index is 446. The number of H-pyrrole nitrogens is 1. The van der Waals surface area contributed by atoms with Crippen molar-refractivity contribution in [2.24, 2.45) is 7.05 Å². The molecule has 0 atom stereocenters. The molecule has 0 fully saturated rings. The van der Waals surface area contributed by atoms with Gasteiger partial charge in [-0.2, -0.15) is 0 Å². The van der Waals surface area contributed by atoms with Crippen molar-refractivity contribution in [3.8, 4) is 0 Å². The van der Waals surface area contributed by atoms with E-state index in [9.17, 15) is 9.59 Å². The number of imidazole rings is 1. The first-order valence-corrected chi connectivity index (χ1v) is 7.05. The molecule has 0 unspecified atom stereocenters. The summed E-state index contributed by atoms with van der Waals surface area (Å²) in [4.78, 5) is 23.1. The van der Waals surface area contributed by atoms with Gasteiger partial charge in [0.2, 0.25) is 0 Å². The molecule has 2 N–H and O–H groups in total. The van der Waals surface area contributed by atoms with E-state index < -0.39 is 5.97 Å². The third-order valence-electron chi connectivity index (χ3n) is 2.86. The molecule has 0 aliphatic rings. The lowest BCUT2D eigenvalue weighted by Crippen LogP contribution is -2.10. The van der Waals surface area contributed by atoms with Crippen LogP contribution in [0, 0.1) is 0 Å². The topological polar surface area (TPSA) is 75.1 Å². The smallest absolute Gasteiger partial charge is 0.325 e. The first-order chi connectivity index (χ1) is 9.47. The van der Waals surface area contributed by atoms with Gasteiger partial charge >= 0.3 is 11.7 Å². The summed E-state index contributed by atoms with van der Waals surface area (Å²) in [5.74, 6) is -0.765. The summed E-state index contributed by atoms with van der Waals surface area (Å²) in [7, 11) is 1.69. The number of unbranched alkanes of at least 4 members (excludes halogenated alkanes) is 4. The number of aryl methyl sites for hydroxylation is 1. The highest BCUT2D eigenvalue weighted by Gasteiger charge is 2.00. The normalized spacial score (nSPS) is 9.70. The SMILES string of the molecule is C=C(CCCCCCC)CC(=O)O.Cn1cc[nH]c1=O. The van der Waals surface area contributed by atoms with E-state index in [-0.39, 0.29) is 12.1 Å². The Balaban J connectivity index is 0.000000428. The monoisotopic (exact) mass is 282 g/mol. The minimum atomic E-state index is -0.765. The molecule has 0 aliphatic heterocycles. The summed E-state index contributed by atoms with van der Waals surface area (Å²) in [6.07, 6.45) is 10.4. The summed E-state index contributed by atoms with van der Waals surface area (Å²) in [6.45, 7) is 5.92. The molecule has 0 saturated heterocycles. The Labute approximate surface area is 120 Å². The molecule has 5 heteroatoms. The molecule has 0 radical (unpaired) electrons. The summed E-state index contributed by atoms with van der Waals surface area (Å²) in [5, 5.41) is 8.46. The van der Waals surface area contributed by atoms with Crippen molar-refractivity contribution in [3.63, 3.8) is 0 Å². The predicted octanol–water partition coefficient (Wildman–Crippen LogP) is 3.09. The molecule has 0 amide bonds. The van der Waals surface area contributed by atoms with Gasteiger partial charge in [0, 0.05) is 19.4 Å². The zero-order valence-electron chi connectivity index (χ0n) is 12.5. The predicted molar refractivity (Wildman–Crippen MR) is 80.8 cm³/mol. The second kappa shape index (κ2) is 11.1. The number of hydrogen-bond acceptors (Lipinski definition) is 2. The molecular weight excluding hydrogens is 256 g/mol. The minimum Gasteiger partial charge on any atom is -0.481 e. The third kappa shape index (κ3) is 10.2. The van der Waals surface area contributed by atoms with Crippen LogP contribution in [0.5, 0.6) is 0 Å². The summed E-state index contributed by atoms with van der Waals surface area (Å²) in [5.41, 5.74) is 0.781. The number of nitrogens with one attached hydrogen (secondary N) is 1. The molecule has 114 valence electrons. The van der Waals surface area contributed by atoms with Crippen LogP contribution < -0.4 is 5.69 Å². The summed E-state index contributed by atoms with van der Waals surface area (Å²) in [6, 6.07) is 0. The van der Waals surface area contributed by atoms with E-state index in [0.29, 0.717) is 0 Å². The van der Waals surface area contributed by atoms with Crippen molar-refractivity contribution in [2.45, 2.75) is 51.9 Å². The molecule has 20 heavy (non-hydrogen) atoms. The van der Waals surface area contributed by atoms with Crippen molar-refractivity contribution in [1.82, 2.24) is 9.55 Å². The van der Waals surface area contributed by atoms with Gasteiger partial charge in [-0.05, 0) is 12.8 Å². The number of aromatic amines is 1. The van der Waals surface area contributed by atoms with Crippen LogP contribution >= 0.6 is 0 Å². The molecule has 1 aromatic rings. The number of carbonyl (C=O) groups is 1. The highest BCUT2D eigenvalue weighted by atomic mass is 16.4. The van der Waals surface area contributed by atoms with Crippen molar-refractivity contribution in [1.29, 1.82) is 0 Å². The number of aromatic nitrogens is 2. The Morgan fingerprint density at radius 3 is 2.40 bits per heavy atom. The van der Waals surface area contributed by atoms with Gasteiger partial charge in [0.05, 0.1) is 6.42 Å². The fraction of sp³-hybridized carbons (Fsp3) is 0.600. The largest absolute Gasteiger partial charge is 0.481 e. The highest BCUT2D eigenvalue weighted by Crippen LogP contribution is 2.11. The van der Waals surface area contributed by atoms with Crippen LogP contribution in [0.1, 0.15) is 51.9 Å². The van der Waals surface area contributed by atoms with Crippen molar-refractivity contribution in [3.05, 3.63) is 35.0 Å². The van der Waals surface area contributed by atoms with Crippen LogP contribution in [0.4, 0.5) is 0 Å². The molecule has 0 aromatic carbocycles. The fourth-order valence-corrected chi connectivity index (χ4v) is 1.67. The Kier molecular flexibility index (Phi) is 10.1. The lowest BCUT2D eigenvalue weighted by Gasteiger charge is -2.01.